The van der Waals surface area contributed by atoms with E-state index >= 15 is 0 Å². The molecule has 0 bridgehead atoms. The van der Waals surface area contributed by atoms with E-state index in [1.807, 2.05) is 35.2 Å². The molecule has 144 valence electrons. The first-order valence-electron chi connectivity index (χ1n) is 8.95. The quantitative estimate of drug-likeness (QED) is 0.681. The average Bonchev–Trinajstić information content (AvgIpc) is 3.11. The van der Waals surface area contributed by atoms with Crippen LogP contribution < -0.4 is 17.0 Å². The van der Waals surface area contributed by atoms with Crippen molar-refractivity contribution < 1.29 is 9.90 Å². The van der Waals surface area contributed by atoms with Crippen LogP contribution in [0.5, 0.6) is 0 Å². The lowest BCUT2D eigenvalue weighted by Gasteiger charge is -2.22. The Labute approximate surface area is 156 Å². The Hall–Kier alpha value is -2.71. The van der Waals surface area contributed by atoms with Gasteiger partial charge in [0.25, 0.3) is 5.56 Å². The molecule has 1 fully saturated rings. The number of aliphatic hydroxyl groups excluding tert-OH is 1. The first-order chi connectivity index (χ1) is 12.9. The zero-order chi connectivity index (χ0) is 19.6. The molecule has 0 aliphatic carbocycles. The summed E-state index contributed by atoms with van der Waals surface area (Å²) in [5.74, 6) is -0.549. The Morgan fingerprint density at radius 3 is 2.63 bits per heavy atom. The van der Waals surface area contributed by atoms with E-state index in [9.17, 15) is 19.5 Å². The summed E-state index contributed by atoms with van der Waals surface area (Å²) in [4.78, 5) is 39.8. The van der Waals surface area contributed by atoms with Gasteiger partial charge in [-0.3, -0.25) is 23.6 Å². The number of rotatable bonds is 6. The summed E-state index contributed by atoms with van der Waals surface area (Å²) in [7, 11) is 1.34. The fourth-order valence-corrected chi connectivity index (χ4v) is 3.54. The molecule has 1 aromatic carbocycles. The summed E-state index contributed by atoms with van der Waals surface area (Å²) in [5.41, 5.74) is 5.52. The van der Waals surface area contributed by atoms with E-state index in [-0.39, 0.29) is 37.1 Å². The Morgan fingerprint density at radius 2 is 1.96 bits per heavy atom. The van der Waals surface area contributed by atoms with Crippen molar-refractivity contribution in [2.24, 2.45) is 7.05 Å². The molecule has 3 N–H and O–H groups in total. The summed E-state index contributed by atoms with van der Waals surface area (Å²) in [5, 5.41) is 9.43. The van der Waals surface area contributed by atoms with Crippen LogP contribution in [0.2, 0.25) is 0 Å². The van der Waals surface area contributed by atoms with Crippen LogP contribution in [-0.2, 0) is 13.6 Å². The second-order valence-corrected chi connectivity index (χ2v) is 6.85. The standard InChI is InChI=1S/C19H24N4O4/c1-21-18(26)16(15(25)11-22-9-5-8-14(22)12-24)17(20)23(19(21)27)10-13-6-3-2-4-7-13/h2-4,6-7,14,24H,5,8-12,20H2,1H3/t14-/m0/s1. The molecule has 0 spiro atoms. The Kier molecular flexibility index (Phi) is 5.57. The number of carbonyl (C=O) groups is 1. The predicted octanol–water partition coefficient (Wildman–Crippen LogP) is -0.183. The first kappa shape index (κ1) is 19.1. The van der Waals surface area contributed by atoms with E-state index in [1.54, 1.807) is 0 Å². The number of ketones is 1. The lowest BCUT2D eigenvalue weighted by molar-refractivity contribution is 0.0886. The molecule has 0 saturated carbocycles. The molecule has 1 atom stereocenters. The zero-order valence-corrected chi connectivity index (χ0v) is 15.3. The van der Waals surface area contributed by atoms with Crippen LogP contribution in [0.1, 0.15) is 28.8 Å². The maximum absolute atomic E-state index is 12.8. The second-order valence-electron chi connectivity index (χ2n) is 6.85. The molecule has 8 heteroatoms. The molecule has 8 nitrogen and oxygen atoms in total. The number of nitrogens with two attached hydrogens (primary N) is 1. The molecule has 1 aromatic heterocycles. The van der Waals surface area contributed by atoms with Gasteiger partial charge >= 0.3 is 5.69 Å². The number of aliphatic hydroxyl groups is 1. The van der Waals surface area contributed by atoms with Crippen LogP contribution in [0.4, 0.5) is 5.82 Å². The molecule has 2 heterocycles. The van der Waals surface area contributed by atoms with Crippen molar-refractivity contribution in [2.45, 2.75) is 25.4 Å². The van der Waals surface area contributed by atoms with Gasteiger partial charge in [-0.25, -0.2) is 4.79 Å². The van der Waals surface area contributed by atoms with Crippen molar-refractivity contribution in [3.8, 4) is 0 Å². The molecule has 0 amide bonds. The van der Waals surface area contributed by atoms with Gasteiger partial charge in [0.2, 0.25) is 0 Å². The van der Waals surface area contributed by atoms with E-state index in [0.29, 0.717) is 6.54 Å². The number of anilines is 1. The highest BCUT2D eigenvalue weighted by molar-refractivity contribution is 6.01. The number of carbonyl (C=O) groups excluding carboxylic acids is 1. The summed E-state index contributed by atoms with van der Waals surface area (Å²) < 4.78 is 2.16. The highest BCUT2D eigenvalue weighted by Gasteiger charge is 2.29. The summed E-state index contributed by atoms with van der Waals surface area (Å²) >= 11 is 0. The van der Waals surface area contributed by atoms with Crippen LogP contribution in [0, 0.1) is 0 Å². The zero-order valence-electron chi connectivity index (χ0n) is 15.3. The van der Waals surface area contributed by atoms with E-state index in [1.165, 1.54) is 11.6 Å². The van der Waals surface area contributed by atoms with Gasteiger partial charge in [-0.05, 0) is 24.9 Å². The van der Waals surface area contributed by atoms with Crippen LogP contribution in [-0.4, -0.2) is 50.7 Å². The molecular formula is C19H24N4O4. The number of hydrogen-bond acceptors (Lipinski definition) is 6. The number of likely N-dealkylation sites (tertiary alicyclic amines) is 1. The number of Topliss-reactive ketones (excluding diaryl/α,β-unsaturated/α-hetero) is 1. The molecule has 0 unspecified atom stereocenters. The summed E-state index contributed by atoms with van der Waals surface area (Å²) in [6, 6.07) is 9.14. The molecular weight excluding hydrogens is 348 g/mol. The minimum atomic E-state index is -0.688. The average molecular weight is 372 g/mol. The van der Waals surface area contributed by atoms with Gasteiger partial charge < -0.3 is 10.8 Å². The molecule has 1 aliphatic heterocycles. The molecule has 1 saturated heterocycles. The molecule has 1 aliphatic rings. The predicted molar refractivity (Wildman–Crippen MR) is 102 cm³/mol. The third-order valence-corrected chi connectivity index (χ3v) is 5.10. The maximum Gasteiger partial charge on any atom is 0.332 e. The van der Waals surface area contributed by atoms with Crippen molar-refractivity contribution in [3.05, 3.63) is 62.3 Å². The third-order valence-electron chi connectivity index (χ3n) is 5.10. The molecule has 0 radical (unpaired) electrons. The number of aromatic nitrogens is 2. The van der Waals surface area contributed by atoms with Crippen molar-refractivity contribution >= 4 is 11.6 Å². The SMILES string of the molecule is Cn1c(=O)c(C(=O)CN2CCC[C@H]2CO)c(N)n(Cc2ccccc2)c1=O. The van der Waals surface area contributed by atoms with Crippen LogP contribution in [0.15, 0.2) is 39.9 Å². The van der Waals surface area contributed by atoms with E-state index < -0.39 is 17.0 Å². The summed E-state index contributed by atoms with van der Waals surface area (Å²) in [6.45, 7) is 0.812. The maximum atomic E-state index is 12.8. The van der Waals surface area contributed by atoms with Crippen molar-refractivity contribution in [1.29, 1.82) is 0 Å². The smallest absolute Gasteiger partial charge is 0.332 e. The first-order valence-corrected chi connectivity index (χ1v) is 8.95. The lowest BCUT2D eigenvalue weighted by atomic mass is 10.1. The van der Waals surface area contributed by atoms with Gasteiger partial charge in [-0.2, -0.15) is 0 Å². The summed E-state index contributed by atoms with van der Waals surface area (Å²) in [6.07, 6.45) is 1.70. The van der Waals surface area contributed by atoms with Crippen LogP contribution in [0.25, 0.3) is 0 Å². The number of nitrogens with zero attached hydrogens (tertiary/aromatic N) is 3. The van der Waals surface area contributed by atoms with E-state index in [0.717, 1.165) is 23.0 Å². The largest absolute Gasteiger partial charge is 0.395 e. The fraction of sp³-hybridized carbons (Fsp3) is 0.421. The van der Waals surface area contributed by atoms with E-state index in [2.05, 4.69) is 0 Å². The highest BCUT2D eigenvalue weighted by atomic mass is 16.3. The topological polar surface area (TPSA) is 111 Å². The van der Waals surface area contributed by atoms with Crippen molar-refractivity contribution in [2.75, 3.05) is 25.4 Å². The van der Waals surface area contributed by atoms with Crippen molar-refractivity contribution in [3.63, 3.8) is 0 Å². The minimum Gasteiger partial charge on any atom is -0.395 e. The van der Waals surface area contributed by atoms with Gasteiger partial charge in [0.05, 0.1) is 19.7 Å². The Bertz CT molecular complexity index is 949. The highest BCUT2D eigenvalue weighted by Crippen LogP contribution is 2.18. The number of benzene rings is 1. The van der Waals surface area contributed by atoms with Crippen LogP contribution >= 0.6 is 0 Å². The molecule has 2 aromatic rings. The minimum absolute atomic E-state index is 0.00575. The van der Waals surface area contributed by atoms with Crippen LogP contribution in [0.3, 0.4) is 0 Å². The third kappa shape index (κ3) is 3.72. The second kappa shape index (κ2) is 7.89. The van der Waals surface area contributed by atoms with E-state index in [4.69, 9.17) is 5.73 Å². The number of nitrogen functional groups attached to an aromatic ring is 1. The Morgan fingerprint density at radius 1 is 1.26 bits per heavy atom. The normalized spacial score (nSPS) is 17.3. The Balaban J connectivity index is 1.99. The van der Waals surface area contributed by atoms with Gasteiger partial charge in [0.1, 0.15) is 11.4 Å². The van der Waals surface area contributed by atoms with Crippen molar-refractivity contribution in [1.82, 2.24) is 14.0 Å². The fourth-order valence-electron chi connectivity index (χ4n) is 3.54. The van der Waals surface area contributed by atoms with Gasteiger partial charge in [0.15, 0.2) is 5.78 Å². The van der Waals surface area contributed by atoms with Gasteiger partial charge in [-0.15, -0.1) is 0 Å². The molecule has 27 heavy (non-hydrogen) atoms. The lowest BCUT2D eigenvalue weighted by Crippen LogP contribution is -2.45. The molecule has 3 rings (SSSR count). The number of hydrogen-bond donors (Lipinski definition) is 2. The monoisotopic (exact) mass is 372 g/mol. The van der Waals surface area contributed by atoms with Gasteiger partial charge in [0, 0.05) is 13.1 Å². The van der Waals surface area contributed by atoms with Gasteiger partial charge in [-0.1, -0.05) is 30.3 Å².